The van der Waals surface area contributed by atoms with Gasteiger partial charge in [0.2, 0.25) is 0 Å². The van der Waals surface area contributed by atoms with Crippen molar-refractivity contribution in [3.8, 4) is 0 Å². The van der Waals surface area contributed by atoms with Gasteiger partial charge in [0.25, 0.3) is 0 Å². The molecule has 0 bridgehead atoms. The monoisotopic (exact) mass is 289 g/mol. The van der Waals surface area contributed by atoms with Crippen molar-refractivity contribution in [2.24, 2.45) is 0 Å². The lowest BCUT2D eigenvalue weighted by molar-refractivity contribution is 0.0161. The second-order valence-electron chi connectivity index (χ2n) is 3.26. The number of hydrogen-bond acceptors (Lipinski definition) is 4. The fraction of sp³-hybridized carbons (Fsp3) is 0.400. The van der Waals surface area contributed by atoms with Crippen LogP contribution in [0.2, 0.25) is 0 Å². The first-order chi connectivity index (χ1) is 7.57. The molecule has 0 radical (unpaired) electrons. The predicted molar refractivity (Wildman–Crippen MR) is 60.6 cm³/mol. The van der Waals surface area contributed by atoms with Crippen molar-refractivity contribution in [3.63, 3.8) is 0 Å². The van der Waals surface area contributed by atoms with E-state index in [0.717, 1.165) is 0 Å². The molecule has 6 heteroatoms. The van der Waals surface area contributed by atoms with Crippen LogP contribution in [0, 0.1) is 0 Å². The zero-order chi connectivity index (χ0) is 12.1. The SMILES string of the molecule is O=C(O)c1ccncc1C(O)C(O)CCBr. The number of carboxylic acids is 1. The number of rotatable bonds is 5. The first kappa shape index (κ1) is 13.1. The molecule has 0 saturated heterocycles. The van der Waals surface area contributed by atoms with Crippen LogP contribution in [0.25, 0.3) is 0 Å². The Kier molecular flexibility index (Phi) is 4.85. The standard InChI is InChI=1S/C10H12BrNO4/c11-3-1-8(13)9(14)7-5-12-4-2-6(7)10(15)16/h2,4-5,8-9,13-14H,1,3H2,(H,15,16). The van der Waals surface area contributed by atoms with E-state index in [1.54, 1.807) is 0 Å². The molecule has 0 aliphatic carbocycles. The normalized spacial score (nSPS) is 14.4. The lowest BCUT2D eigenvalue weighted by Gasteiger charge is -2.18. The topological polar surface area (TPSA) is 90.7 Å². The van der Waals surface area contributed by atoms with Crippen LogP contribution in [0.15, 0.2) is 18.5 Å². The van der Waals surface area contributed by atoms with Gasteiger partial charge in [-0.05, 0) is 12.5 Å². The van der Waals surface area contributed by atoms with Gasteiger partial charge >= 0.3 is 5.97 Å². The summed E-state index contributed by atoms with van der Waals surface area (Å²) < 4.78 is 0. The predicted octanol–water partition coefficient (Wildman–Crippen LogP) is 0.959. The maximum absolute atomic E-state index is 10.9. The number of hydrogen-bond donors (Lipinski definition) is 3. The number of pyridine rings is 1. The van der Waals surface area contributed by atoms with Gasteiger partial charge in [0.05, 0.1) is 11.7 Å². The van der Waals surface area contributed by atoms with E-state index in [9.17, 15) is 15.0 Å². The highest BCUT2D eigenvalue weighted by Gasteiger charge is 2.23. The van der Waals surface area contributed by atoms with Gasteiger partial charge in [-0.3, -0.25) is 4.98 Å². The summed E-state index contributed by atoms with van der Waals surface area (Å²) in [5.41, 5.74) is 0.0829. The summed E-state index contributed by atoms with van der Waals surface area (Å²) in [5, 5.41) is 28.8. The Bertz CT molecular complexity index is 372. The number of carboxylic acid groups (broad SMARTS) is 1. The minimum Gasteiger partial charge on any atom is -0.478 e. The van der Waals surface area contributed by atoms with E-state index in [2.05, 4.69) is 20.9 Å². The molecule has 0 saturated carbocycles. The second-order valence-corrected chi connectivity index (χ2v) is 4.05. The molecule has 0 spiro atoms. The molecule has 1 heterocycles. The zero-order valence-corrected chi connectivity index (χ0v) is 9.96. The zero-order valence-electron chi connectivity index (χ0n) is 8.38. The molecule has 0 fully saturated rings. The second kappa shape index (κ2) is 5.93. The van der Waals surface area contributed by atoms with Crippen LogP contribution in [0.4, 0.5) is 0 Å². The number of aliphatic hydroxyl groups excluding tert-OH is 2. The number of aromatic nitrogens is 1. The average molecular weight is 290 g/mol. The summed E-state index contributed by atoms with van der Waals surface area (Å²) >= 11 is 3.14. The molecule has 0 aliphatic heterocycles. The van der Waals surface area contributed by atoms with E-state index in [1.165, 1.54) is 18.5 Å². The molecule has 5 nitrogen and oxygen atoms in total. The average Bonchev–Trinajstić information content (AvgIpc) is 2.28. The van der Waals surface area contributed by atoms with E-state index in [0.29, 0.717) is 11.8 Å². The van der Waals surface area contributed by atoms with Crippen molar-refractivity contribution in [3.05, 3.63) is 29.6 Å². The van der Waals surface area contributed by atoms with Gasteiger partial charge < -0.3 is 15.3 Å². The van der Waals surface area contributed by atoms with Crippen molar-refractivity contribution >= 4 is 21.9 Å². The van der Waals surface area contributed by atoms with Crippen LogP contribution in [0.1, 0.15) is 28.4 Å². The van der Waals surface area contributed by atoms with Gasteiger partial charge in [0.15, 0.2) is 0 Å². The third-order valence-corrected chi connectivity index (χ3v) is 2.63. The first-order valence-corrected chi connectivity index (χ1v) is 5.79. The van der Waals surface area contributed by atoms with Gasteiger partial charge in [0, 0.05) is 23.3 Å². The number of alkyl halides is 1. The number of carbonyl (C=O) groups is 1. The molecule has 0 aromatic carbocycles. The molecule has 1 aromatic rings. The Balaban J connectivity index is 2.98. The molecule has 2 unspecified atom stereocenters. The molecule has 16 heavy (non-hydrogen) atoms. The highest BCUT2D eigenvalue weighted by molar-refractivity contribution is 9.09. The van der Waals surface area contributed by atoms with E-state index >= 15 is 0 Å². The maximum atomic E-state index is 10.9. The highest BCUT2D eigenvalue weighted by atomic mass is 79.9. The molecular weight excluding hydrogens is 278 g/mol. The van der Waals surface area contributed by atoms with Gasteiger partial charge in [-0.15, -0.1) is 0 Å². The van der Waals surface area contributed by atoms with Crippen LogP contribution in [-0.2, 0) is 0 Å². The molecular formula is C10H12BrNO4. The Labute approximate surface area is 101 Å². The summed E-state index contributed by atoms with van der Waals surface area (Å²) in [7, 11) is 0. The highest BCUT2D eigenvalue weighted by Crippen LogP contribution is 2.22. The Hall–Kier alpha value is -0.980. The van der Waals surface area contributed by atoms with Crippen molar-refractivity contribution in [2.45, 2.75) is 18.6 Å². The summed E-state index contributed by atoms with van der Waals surface area (Å²) in [5.74, 6) is -1.15. The maximum Gasteiger partial charge on any atom is 0.336 e. The summed E-state index contributed by atoms with van der Waals surface area (Å²) in [6.07, 6.45) is 0.663. The molecule has 0 aliphatic rings. The van der Waals surface area contributed by atoms with Crippen molar-refractivity contribution in [1.29, 1.82) is 0 Å². The Morgan fingerprint density at radius 1 is 1.50 bits per heavy atom. The lowest BCUT2D eigenvalue weighted by Crippen LogP contribution is -2.21. The van der Waals surface area contributed by atoms with Crippen molar-refractivity contribution in [2.75, 3.05) is 5.33 Å². The number of aliphatic hydroxyl groups is 2. The number of halogens is 1. The number of aromatic carboxylic acids is 1. The summed E-state index contributed by atoms with van der Waals surface area (Å²) in [6, 6.07) is 1.29. The van der Waals surface area contributed by atoms with E-state index < -0.39 is 18.2 Å². The van der Waals surface area contributed by atoms with Gasteiger partial charge in [0.1, 0.15) is 6.10 Å². The van der Waals surface area contributed by atoms with Crippen LogP contribution < -0.4 is 0 Å². The smallest absolute Gasteiger partial charge is 0.336 e. The van der Waals surface area contributed by atoms with Crippen LogP contribution >= 0.6 is 15.9 Å². The molecule has 2 atom stereocenters. The Morgan fingerprint density at radius 3 is 2.75 bits per heavy atom. The van der Waals surface area contributed by atoms with Gasteiger partial charge in [-0.1, -0.05) is 15.9 Å². The molecule has 0 amide bonds. The fourth-order valence-electron chi connectivity index (χ4n) is 1.31. The minimum absolute atomic E-state index is 0.0453. The van der Waals surface area contributed by atoms with Crippen LogP contribution in [0.5, 0.6) is 0 Å². The molecule has 3 N–H and O–H groups in total. The van der Waals surface area contributed by atoms with Crippen molar-refractivity contribution in [1.82, 2.24) is 4.98 Å². The third kappa shape index (κ3) is 3.01. The van der Waals surface area contributed by atoms with Crippen LogP contribution in [-0.4, -0.2) is 37.7 Å². The van der Waals surface area contributed by atoms with E-state index in [4.69, 9.17) is 5.11 Å². The van der Waals surface area contributed by atoms with Gasteiger partial charge in [-0.2, -0.15) is 0 Å². The quantitative estimate of drug-likeness (QED) is 0.703. The Morgan fingerprint density at radius 2 is 2.19 bits per heavy atom. The van der Waals surface area contributed by atoms with Crippen molar-refractivity contribution < 1.29 is 20.1 Å². The van der Waals surface area contributed by atoms with E-state index in [-0.39, 0.29) is 11.1 Å². The first-order valence-electron chi connectivity index (χ1n) is 4.67. The minimum atomic E-state index is -1.24. The summed E-state index contributed by atoms with van der Waals surface area (Å²) in [6.45, 7) is 0. The van der Waals surface area contributed by atoms with E-state index in [1.807, 2.05) is 0 Å². The third-order valence-electron chi connectivity index (χ3n) is 2.17. The van der Waals surface area contributed by atoms with Gasteiger partial charge in [-0.25, -0.2) is 4.79 Å². The largest absolute Gasteiger partial charge is 0.478 e. The summed E-state index contributed by atoms with van der Waals surface area (Å²) in [4.78, 5) is 14.6. The lowest BCUT2D eigenvalue weighted by atomic mass is 10.00. The molecule has 1 rings (SSSR count). The molecule has 1 aromatic heterocycles. The van der Waals surface area contributed by atoms with Crippen LogP contribution in [0.3, 0.4) is 0 Å². The molecule has 88 valence electrons. The number of nitrogens with zero attached hydrogens (tertiary/aromatic N) is 1. The fourth-order valence-corrected chi connectivity index (χ4v) is 1.78.